The fourth-order valence-corrected chi connectivity index (χ4v) is 6.68. The van der Waals surface area contributed by atoms with Crippen LogP contribution in [0.15, 0.2) is 127 Å². The molecule has 5 nitrogen and oxygen atoms in total. The summed E-state index contributed by atoms with van der Waals surface area (Å²) in [4.78, 5) is 15.4. The fraction of sp³-hybridized carbons (Fsp3) is 0.0513. The van der Waals surface area contributed by atoms with Crippen molar-refractivity contribution < 1.29 is 0 Å². The minimum atomic E-state index is 0.618. The van der Waals surface area contributed by atoms with Gasteiger partial charge in [-0.3, -0.25) is 4.57 Å². The van der Waals surface area contributed by atoms with Crippen molar-refractivity contribution in [3.05, 3.63) is 138 Å². The normalized spacial score (nSPS) is 12.7. The Morgan fingerprint density at radius 1 is 0.455 bits per heavy atom. The van der Waals surface area contributed by atoms with Crippen LogP contribution in [0.4, 0.5) is 0 Å². The average molecular weight is 566 g/mol. The van der Waals surface area contributed by atoms with Gasteiger partial charge >= 0.3 is 0 Å². The summed E-state index contributed by atoms with van der Waals surface area (Å²) in [5.41, 5.74) is 6.46. The van der Waals surface area contributed by atoms with Crippen molar-refractivity contribution in [2.45, 2.75) is 12.8 Å². The number of aromatic nitrogens is 5. The van der Waals surface area contributed by atoms with E-state index in [0.29, 0.717) is 17.6 Å². The van der Waals surface area contributed by atoms with Gasteiger partial charge in [0, 0.05) is 38.2 Å². The maximum absolute atomic E-state index is 5.19. The first-order valence-corrected chi connectivity index (χ1v) is 15.0. The van der Waals surface area contributed by atoms with Gasteiger partial charge in [0.2, 0.25) is 5.95 Å². The molecule has 0 saturated carbocycles. The van der Waals surface area contributed by atoms with Gasteiger partial charge in [-0.05, 0) is 31.0 Å². The van der Waals surface area contributed by atoms with Crippen LogP contribution in [0.25, 0.3) is 79.3 Å². The molecule has 0 atom stereocenters. The molecule has 0 spiro atoms. The van der Waals surface area contributed by atoms with E-state index in [1.807, 2.05) is 36.4 Å². The van der Waals surface area contributed by atoms with E-state index in [0.717, 1.165) is 46.0 Å². The molecule has 44 heavy (non-hydrogen) atoms. The van der Waals surface area contributed by atoms with Gasteiger partial charge < -0.3 is 4.57 Å². The van der Waals surface area contributed by atoms with Gasteiger partial charge in [0.05, 0.1) is 21.9 Å². The highest BCUT2D eigenvalue weighted by atomic mass is 15.2. The predicted octanol–water partition coefficient (Wildman–Crippen LogP) is 7.60. The summed E-state index contributed by atoms with van der Waals surface area (Å²) in [6.45, 7) is 0. The molecule has 5 heteroatoms. The second-order valence-corrected chi connectivity index (χ2v) is 11.2. The summed E-state index contributed by atoms with van der Waals surface area (Å²) >= 11 is 0. The number of hydrogen-bond donors (Lipinski definition) is 0. The Hall–Kier alpha value is -5.81. The Balaban J connectivity index is 1.48. The molecule has 208 valence electrons. The lowest BCUT2D eigenvalue weighted by Crippen LogP contribution is -2.31. The van der Waals surface area contributed by atoms with E-state index in [2.05, 4.69) is 112 Å². The average Bonchev–Trinajstić information content (AvgIpc) is 3.62. The van der Waals surface area contributed by atoms with Crippen LogP contribution >= 0.6 is 0 Å². The second kappa shape index (κ2) is 9.89. The van der Waals surface area contributed by atoms with Gasteiger partial charge in [0.25, 0.3) is 0 Å². The van der Waals surface area contributed by atoms with Crippen molar-refractivity contribution in [2.75, 3.05) is 0 Å². The van der Waals surface area contributed by atoms with Gasteiger partial charge in [-0.25, -0.2) is 4.98 Å². The van der Waals surface area contributed by atoms with Crippen LogP contribution in [0.5, 0.6) is 0 Å². The summed E-state index contributed by atoms with van der Waals surface area (Å²) in [6.07, 6.45) is 6.68. The molecule has 1 aliphatic carbocycles. The first kappa shape index (κ1) is 24.8. The van der Waals surface area contributed by atoms with E-state index in [1.54, 1.807) is 0 Å². The molecule has 0 fully saturated rings. The maximum Gasteiger partial charge on any atom is 0.238 e. The SMILES string of the molecule is C1=c2c(n(-c3nc(-c4ccccc4)nc(-c4ccccc4)n3)c3c2ccc2c4ccccc4n(-c4ccccc4)c23)=CCC1. The maximum atomic E-state index is 5.19. The van der Waals surface area contributed by atoms with Crippen LogP contribution in [0.3, 0.4) is 0 Å². The number of hydrogen-bond acceptors (Lipinski definition) is 3. The monoisotopic (exact) mass is 565 g/mol. The van der Waals surface area contributed by atoms with Crippen molar-refractivity contribution in [1.29, 1.82) is 0 Å². The summed E-state index contributed by atoms with van der Waals surface area (Å²) in [7, 11) is 0. The lowest BCUT2D eigenvalue weighted by molar-refractivity contribution is 0.903. The smallest absolute Gasteiger partial charge is 0.238 e. The van der Waals surface area contributed by atoms with Crippen molar-refractivity contribution in [3.63, 3.8) is 0 Å². The van der Waals surface area contributed by atoms with Crippen LogP contribution < -0.4 is 10.6 Å². The van der Waals surface area contributed by atoms with Crippen LogP contribution in [0, 0.1) is 0 Å². The zero-order valence-electron chi connectivity index (χ0n) is 23.9. The minimum Gasteiger partial charge on any atom is -0.307 e. The number of fused-ring (bicyclic) bond motifs is 7. The Kier molecular flexibility index (Phi) is 5.56. The third-order valence-electron chi connectivity index (χ3n) is 8.60. The summed E-state index contributed by atoms with van der Waals surface area (Å²) in [5, 5.41) is 5.99. The zero-order valence-corrected chi connectivity index (χ0v) is 23.9. The Bertz CT molecular complexity index is 2420. The first-order chi connectivity index (χ1) is 21.8. The van der Waals surface area contributed by atoms with E-state index < -0.39 is 0 Å². The quantitative estimate of drug-likeness (QED) is 0.221. The lowest BCUT2D eigenvalue weighted by Gasteiger charge is -2.13. The van der Waals surface area contributed by atoms with Gasteiger partial charge in [-0.2, -0.15) is 9.97 Å². The first-order valence-electron chi connectivity index (χ1n) is 15.0. The van der Waals surface area contributed by atoms with Crippen LogP contribution in [-0.2, 0) is 0 Å². The molecule has 1 aliphatic rings. The zero-order chi connectivity index (χ0) is 29.0. The highest BCUT2D eigenvalue weighted by Gasteiger charge is 2.22. The molecule has 3 aromatic heterocycles. The highest BCUT2D eigenvalue weighted by Crippen LogP contribution is 2.36. The van der Waals surface area contributed by atoms with E-state index in [1.165, 1.54) is 26.9 Å². The minimum absolute atomic E-state index is 0.618. The van der Waals surface area contributed by atoms with Gasteiger partial charge in [0.15, 0.2) is 11.6 Å². The molecule has 0 aliphatic heterocycles. The molecule has 0 bridgehead atoms. The molecular formula is C39H27N5. The number of rotatable bonds is 4. The Morgan fingerprint density at radius 3 is 1.73 bits per heavy atom. The van der Waals surface area contributed by atoms with Crippen LogP contribution in [0.1, 0.15) is 12.8 Å². The third-order valence-corrected chi connectivity index (χ3v) is 8.60. The molecule has 0 saturated heterocycles. The predicted molar refractivity (Wildman–Crippen MR) is 179 cm³/mol. The largest absolute Gasteiger partial charge is 0.307 e. The summed E-state index contributed by atoms with van der Waals surface area (Å²) < 4.78 is 4.67. The Labute approximate surface area is 253 Å². The van der Waals surface area contributed by atoms with Crippen molar-refractivity contribution in [1.82, 2.24) is 24.1 Å². The van der Waals surface area contributed by atoms with E-state index in [4.69, 9.17) is 15.0 Å². The van der Waals surface area contributed by atoms with E-state index in [9.17, 15) is 0 Å². The molecule has 0 amide bonds. The number of nitrogens with zero attached hydrogens (tertiary/aromatic N) is 5. The highest BCUT2D eigenvalue weighted by molar-refractivity contribution is 6.18. The molecule has 9 rings (SSSR count). The number of benzene rings is 5. The lowest BCUT2D eigenvalue weighted by atomic mass is 10.1. The summed E-state index contributed by atoms with van der Waals surface area (Å²) in [5.74, 6) is 1.93. The second-order valence-electron chi connectivity index (χ2n) is 11.2. The molecule has 0 radical (unpaired) electrons. The summed E-state index contributed by atoms with van der Waals surface area (Å²) in [6, 6.07) is 44.2. The fourth-order valence-electron chi connectivity index (χ4n) is 6.68. The van der Waals surface area contributed by atoms with E-state index in [-0.39, 0.29) is 0 Å². The topological polar surface area (TPSA) is 48.5 Å². The van der Waals surface area contributed by atoms with Gasteiger partial charge in [-0.15, -0.1) is 0 Å². The molecular weight excluding hydrogens is 538 g/mol. The molecule has 0 unspecified atom stereocenters. The third kappa shape index (κ3) is 3.76. The molecule has 8 aromatic rings. The van der Waals surface area contributed by atoms with Crippen LogP contribution in [-0.4, -0.2) is 24.1 Å². The molecule has 0 N–H and O–H groups in total. The Morgan fingerprint density at radius 2 is 1.02 bits per heavy atom. The molecule has 5 aromatic carbocycles. The van der Waals surface area contributed by atoms with Crippen molar-refractivity contribution in [3.8, 4) is 34.4 Å². The molecule has 3 heterocycles. The van der Waals surface area contributed by atoms with Gasteiger partial charge in [-0.1, -0.05) is 121 Å². The van der Waals surface area contributed by atoms with E-state index >= 15 is 0 Å². The standard InChI is InChI=1S/C39H27N5/c1-4-14-26(15-5-1)37-40-38(27-16-6-2-7-17-27)42-39(41-37)44-34-23-13-11-21-30(34)32-25-24-31-29-20-10-12-22-33(29)43(35(31)36(32)44)28-18-8-3-9-19-28/h1-10,12,14-25H,11,13H2. The van der Waals surface area contributed by atoms with Crippen LogP contribution in [0.2, 0.25) is 0 Å². The van der Waals surface area contributed by atoms with Crippen molar-refractivity contribution in [2.24, 2.45) is 0 Å². The number of para-hydroxylation sites is 2. The van der Waals surface area contributed by atoms with Gasteiger partial charge in [0.1, 0.15) is 0 Å². The van der Waals surface area contributed by atoms with Crippen molar-refractivity contribution >= 4 is 44.9 Å².